The molecular weight excluding hydrogens is 379 g/mol. The lowest BCUT2D eigenvalue weighted by Crippen LogP contribution is -2.09. The van der Waals surface area contributed by atoms with Gasteiger partial charge in [0.05, 0.1) is 0 Å². The lowest BCUT2D eigenvalue weighted by Gasteiger charge is -2.10. The minimum atomic E-state index is 0.0439. The normalized spacial score (nSPS) is 11.0. The van der Waals surface area contributed by atoms with Crippen LogP contribution in [0.5, 0.6) is 0 Å². The molecule has 0 saturated carbocycles. The van der Waals surface area contributed by atoms with E-state index in [4.69, 9.17) is 34.8 Å². The van der Waals surface area contributed by atoms with Crippen molar-refractivity contribution in [2.45, 2.75) is 16.4 Å². The highest BCUT2D eigenvalue weighted by atomic mass is 35.5. The van der Waals surface area contributed by atoms with Gasteiger partial charge >= 0.3 is 0 Å². The first-order valence-electron chi connectivity index (χ1n) is 7.52. The van der Waals surface area contributed by atoms with Crippen LogP contribution in [0, 0.1) is 0 Å². The van der Waals surface area contributed by atoms with Gasteiger partial charge < -0.3 is 0 Å². The van der Waals surface area contributed by atoms with Crippen LogP contribution in [0.4, 0.5) is 0 Å². The van der Waals surface area contributed by atoms with Crippen molar-refractivity contribution in [3.63, 3.8) is 0 Å². The first-order valence-corrected chi connectivity index (χ1v) is 10.2. The monoisotopic (exact) mass is 393 g/mol. The Morgan fingerprint density at radius 3 is 1.21 bits per heavy atom. The van der Waals surface area contributed by atoms with E-state index < -0.39 is 0 Å². The molecule has 0 atom stereocenters. The van der Waals surface area contributed by atoms with Gasteiger partial charge in [-0.15, -0.1) is 0 Å². The number of hydrogen-bond acceptors (Lipinski definition) is 0. The number of hydrogen-bond donors (Lipinski definition) is 0. The molecule has 0 amide bonds. The molecule has 0 fully saturated rings. The Balaban J connectivity index is 1.86. The summed E-state index contributed by atoms with van der Waals surface area (Å²) in [5.74, 6) is 1.95. The molecule has 3 rings (SSSR count). The van der Waals surface area contributed by atoms with E-state index in [9.17, 15) is 0 Å². The largest absolute Gasteiger partial charge is 0.155 e. The molecule has 0 nitrogen and oxygen atoms in total. The van der Waals surface area contributed by atoms with Gasteiger partial charge in [0.25, 0.3) is 0 Å². The predicted octanol–water partition coefficient (Wildman–Crippen LogP) is 7.02. The fourth-order valence-electron chi connectivity index (χ4n) is 2.41. The Bertz CT molecular complexity index is 733. The van der Waals surface area contributed by atoms with Gasteiger partial charge in [-0.25, -0.2) is 0 Å². The van der Waals surface area contributed by atoms with Crippen LogP contribution in [0.3, 0.4) is 0 Å². The fraction of sp³-hybridized carbons (Fsp3) is 0.100. The summed E-state index contributed by atoms with van der Waals surface area (Å²) in [7, 11) is 0.0439. The third-order valence-electron chi connectivity index (χ3n) is 3.66. The minimum absolute atomic E-state index is 0.0439. The SMILES string of the molecule is Clc1ccc(C[S+](Cc2ccc(Cl)cc2)c2ccc(Cl)cc2)cc1. The van der Waals surface area contributed by atoms with Gasteiger partial charge in [0.15, 0.2) is 4.90 Å². The molecule has 122 valence electrons. The molecule has 0 aliphatic carbocycles. The Hall–Kier alpha value is -1.12. The number of halogens is 3. The predicted molar refractivity (Wildman–Crippen MR) is 107 cm³/mol. The molecule has 24 heavy (non-hydrogen) atoms. The second-order valence-electron chi connectivity index (χ2n) is 5.49. The third-order valence-corrected chi connectivity index (χ3v) is 6.71. The van der Waals surface area contributed by atoms with Crippen LogP contribution >= 0.6 is 34.8 Å². The van der Waals surface area contributed by atoms with Crippen LogP contribution in [-0.4, -0.2) is 0 Å². The van der Waals surface area contributed by atoms with Gasteiger partial charge in [-0.1, -0.05) is 59.1 Å². The summed E-state index contributed by atoms with van der Waals surface area (Å²) in [5.41, 5.74) is 2.57. The molecule has 0 bridgehead atoms. The van der Waals surface area contributed by atoms with E-state index in [2.05, 4.69) is 36.4 Å². The first-order chi connectivity index (χ1) is 11.6. The van der Waals surface area contributed by atoms with E-state index in [1.807, 2.05) is 36.4 Å². The maximum absolute atomic E-state index is 6.05. The number of rotatable bonds is 5. The second-order valence-corrected chi connectivity index (χ2v) is 8.83. The average molecular weight is 395 g/mol. The summed E-state index contributed by atoms with van der Waals surface area (Å²) in [4.78, 5) is 1.31. The van der Waals surface area contributed by atoms with E-state index in [0.29, 0.717) is 0 Å². The Labute approximate surface area is 160 Å². The number of benzene rings is 3. The molecule has 3 aromatic rings. The Morgan fingerprint density at radius 1 is 0.500 bits per heavy atom. The Morgan fingerprint density at radius 2 is 0.833 bits per heavy atom. The van der Waals surface area contributed by atoms with Crippen LogP contribution in [0.1, 0.15) is 11.1 Å². The Kier molecular flexibility index (Phi) is 6.13. The molecule has 0 radical (unpaired) electrons. The summed E-state index contributed by atoms with van der Waals surface area (Å²) in [6.07, 6.45) is 0. The first kappa shape index (κ1) is 17.7. The van der Waals surface area contributed by atoms with Gasteiger partial charge in [-0.05, 0) is 48.5 Å². The lowest BCUT2D eigenvalue weighted by molar-refractivity contribution is 1.29. The van der Waals surface area contributed by atoms with Gasteiger partial charge in [-0.3, -0.25) is 0 Å². The summed E-state index contributed by atoms with van der Waals surface area (Å²) in [5, 5.41) is 2.30. The zero-order valence-electron chi connectivity index (χ0n) is 12.9. The topological polar surface area (TPSA) is 0 Å². The fourth-order valence-corrected chi connectivity index (χ4v) is 4.93. The van der Waals surface area contributed by atoms with Crippen molar-refractivity contribution < 1.29 is 0 Å². The summed E-state index contributed by atoms with van der Waals surface area (Å²) >= 11 is 18.0. The minimum Gasteiger partial charge on any atom is -0.0843 e. The van der Waals surface area contributed by atoms with E-state index in [-0.39, 0.29) is 10.9 Å². The quantitative estimate of drug-likeness (QED) is 0.408. The maximum Gasteiger partial charge on any atom is 0.155 e. The summed E-state index contributed by atoms with van der Waals surface area (Å²) < 4.78 is 0. The summed E-state index contributed by atoms with van der Waals surface area (Å²) in [6.45, 7) is 0. The molecule has 0 heterocycles. The van der Waals surface area contributed by atoms with Crippen LogP contribution < -0.4 is 0 Å². The van der Waals surface area contributed by atoms with Crippen LogP contribution in [0.2, 0.25) is 15.1 Å². The molecule has 0 saturated heterocycles. The third kappa shape index (κ3) is 4.94. The maximum atomic E-state index is 6.05. The van der Waals surface area contributed by atoms with Crippen molar-refractivity contribution >= 4 is 45.7 Å². The molecular formula is C20H16Cl3S+. The van der Waals surface area contributed by atoms with Gasteiger partial charge in [-0.2, -0.15) is 0 Å². The van der Waals surface area contributed by atoms with Gasteiger partial charge in [0, 0.05) is 37.1 Å². The van der Waals surface area contributed by atoms with Crippen molar-refractivity contribution in [1.29, 1.82) is 0 Å². The van der Waals surface area contributed by atoms with E-state index in [0.717, 1.165) is 26.6 Å². The van der Waals surface area contributed by atoms with Crippen molar-refractivity contribution in [2.75, 3.05) is 0 Å². The van der Waals surface area contributed by atoms with Crippen LogP contribution in [-0.2, 0) is 22.4 Å². The van der Waals surface area contributed by atoms with Crippen LogP contribution in [0.25, 0.3) is 0 Å². The highest BCUT2D eigenvalue weighted by molar-refractivity contribution is 7.95. The highest BCUT2D eigenvalue weighted by Crippen LogP contribution is 2.26. The molecule has 0 unspecified atom stereocenters. The molecule has 0 spiro atoms. The average Bonchev–Trinajstić information content (AvgIpc) is 2.59. The smallest absolute Gasteiger partial charge is 0.0843 e. The second kappa shape index (κ2) is 8.31. The van der Waals surface area contributed by atoms with E-state index in [1.165, 1.54) is 16.0 Å². The van der Waals surface area contributed by atoms with Crippen LogP contribution in [0.15, 0.2) is 77.7 Å². The zero-order valence-corrected chi connectivity index (χ0v) is 16.0. The molecule has 3 aromatic carbocycles. The van der Waals surface area contributed by atoms with Crippen molar-refractivity contribution in [2.24, 2.45) is 0 Å². The van der Waals surface area contributed by atoms with E-state index >= 15 is 0 Å². The van der Waals surface area contributed by atoms with Crippen molar-refractivity contribution in [1.82, 2.24) is 0 Å². The zero-order chi connectivity index (χ0) is 16.9. The van der Waals surface area contributed by atoms with E-state index in [1.54, 1.807) is 0 Å². The molecule has 0 aliphatic rings. The summed E-state index contributed by atoms with van der Waals surface area (Å²) in [6, 6.07) is 24.3. The standard InChI is InChI=1S/C20H16Cl3S/c21-17-5-1-15(2-6-17)13-24(20-11-9-19(23)10-12-20)14-16-3-7-18(22)8-4-16/h1-12H,13-14H2/q+1. The molecule has 0 aliphatic heterocycles. The molecule has 0 N–H and O–H groups in total. The highest BCUT2D eigenvalue weighted by Gasteiger charge is 2.23. The lowest BCUT2D eigenvalue weighted by atomic mass is 10.2. The molecule has 4 heteroatoms. The van der Waals surface area contributed by atoms with Crippen molar-refractivity contribution in [3.05, 3.63) is 99.0 Å². The molecule has 0 aromatic heterocycles. The van der Waals surface area contributed by atoms with Gasteiger partial charge in [0.1, 0.15) is 11.5 Å². The van der Waals surface area contributed by atoms with Gasteiger partial charge in [0.2, 0.25) is 0 Å². The van der Waals surface area contributed by atoms with Crippen molar-refractivity contribution in [3.8, 4) is 0 Å².